The molecule has 2 aliphatic heterocycles. The van der Waals surface area contributed by atoms with Gasteiger partial charge in [0.25, 0.3) is 0 Å². The molecule has 0 radical (unpaired) electrons. The molecule has 0 unspecified atom stereocenters. The quantitative estimate of drug-likeness (QED) is 0.0862. The van der Waals surface area contributed by atoms with Gasteiger partial charge in [-0.2, -0.15) is 0 Å². The lowest BCUT2D eigenvalue weighted by molar-refractivity contribution is -0.385. The second-order valence-electron chi connectivity index (χ2n) is 10.7. The van der Waals surface area contributed by atoms with Crippen LogP contribution in [0.1, 0.15) is 83.5 Å². The van der Waals surface area contributed by atoms with Crippen molar-refractivity contribution >= 4 is 5.78 Å². The van der Waals surface area contributed by atoms with Gasteiger partial charge in [-0.15, -0.1) is 0 Å². The van der Waals surface area contributed by atoms with Crippen LogP contribution in [0.25, 0.3) is 0 Å². The van der Waals surface area contributed by atoms with Gasteiger partial charge in [-0.25, -0.2) is 0 Å². The number of ether oxygens (including phenoxy) is 3. The van der Waals surface area contributed by atoms with E-state index in [4.69, 9.17) is 19.9 Å². The third kappa shape index (κ3) is 9.35. The molecule has 10 atom stereocenters. The first-order chi connectivity index (χ1) is 18.6. The van der Waals surface area contributed by atoms with Crippen molar-refractivity contribution in [2.75, 3.05) is 13.2 Å². The van der Waals surface area contributed by atoms with E-state index in [1.807, 2.05) is 0 Å². The van der Waals surface area contributed by atoms with Gasteiger partial charge in [0.1, 0.15) is 36.6 Å². The van der Waals surface area contributed by atoms with E-state index in [1.54, 1.807) is 0 Å². The average Bonchev–Trinajstić information content (AvgIpc) is 2.92. The minimum Gasteiger partial charge on any atom is -0.393 e. The maximum atomic E-state index is 13.2. The molecule has 2 heterocycles. The highest BCUT2D eigenvalue weighted by Crippen LogP contribution is 2.36. The highest BCUT2D eigenvalue weighted by Gasteiger charge is 2.60. The minimum absolute atomic E-state index is 0.0865. The molecule has 2 fully saturated rings. The maximum absolute atomic E-state index is 13.2. The van der Waals surface area contributed by atoms with Crippen molar-refractivity contribution in [3.05, 3.63) is 0 Å². The molecule has 0 bridgehead atoms. The summed E-state index contributed by atoms with van der Waals surface area (Å²) < 4.78 is 15.7. The van der Waals surface area contributed by atoms with Crippen LogP contribution in [0, 0.1) is 0 Å². The Bertz CT molecular complexity index is 702. The summed E-state index contributed by atoms with van der Waals surface area (Å²) >= 11 is 0. The molecule has 0 saturated carbocycles. The molecule has 0 spiro atoms. The number of rotatable bonds is 18. The van der Waals surface area contributed by atoms with Crippen LogP contribution in [-0.2, 0) is 19.0 Å². The van der Waals surface area contributed by atoms with E-state index < -0.39 is 73.5 Å². The molecular weight excluding hydrogens is 518 g/mol. The first-order valence-corrected chi connectivity index (χ1v) is 14.2. The summed E-state index contributed by atoms with van der Waals surface area (Å²) in [5.74, 6) is -0.707. The van der Waals surface area contributed by atoms with Gasteiger partial charge in [0.05, 0.1) is 6.61 Å². The maximum Gasteiger partial charge on any atom is 0.189 e. The lowest BCUT2D eigenvalue weighted by Crippen LogP contribution is -2.71. The fraction of sp³-hybridized carbons (Fsp3) is 0.962. The van der Waals surface area contributed by atoms with Gasteiger partial charge in [0.15, 0.2) is 30.3 Å². The van der Waals surface area contributed by atoms with Crippen LogP contribution in [0.4, 0.5) is 0 Å². The van der Waals surface area contributed by atoms with E-state index in [0.717, 1.165) is 45.1 Å². The van der Waals surface area contributed by atoms with E-state index >= 15 is 0 Å². The van der Waals surface area contributed by atoms with E-state index in [9.17, 15) is 45.6 Å². The summed E-state index contributed by atoms with van der Waals surface area (Å²) in [7, 11) is 0. The second kappa shape index (κ2) is 17.2. The fourth-order valence-electron chi connectivity index (χ4n) is 5.10. The molecule has 13 heteroatoms. The van der Waals surface area contributed by atoms with Crippen LogP contribution in [0.15, 0.2) is 0 Å². The summed E-state index contributed by atoms with van der Waals surface area (Å²) in [6.07, 6.45) is -4.85. The molecule has 13 nitrogen and oxygen atoms in total. The van der Waals surface area contributed by atoms with Crippen LogP contribution in [0.5, 0.6) is 0 Å². The number of hydrogen-bond acceptors (Lipinski definition) is 13. The molecular formula is C26H49NO12. The molecule has 2 saturated heterocycles. The van der Waals surface area contributed by atoms with Gasteiger partial charge in [0.2, 0.25) is 0 Å². The summed E-state index contributed by atoms with van der Waals surface area (Å²) in [5.41, 5.74) is 3.17. The van der Waals surface area contributed by atoms with Gasteiger partial charge >= 0.3 is 0 Å². The molecule has 39 heavy (non-hydrogen) atoms. The molecule has 0 aromatic rings. The smallest absolute Gasteiger partial charge is 0.189 e. The van der Waals surface area contributed by atoms with Crippen molar-refractivity contribution < 1.29 is 59.9 Å². The number of ketones is 1. The molecule has 0 aliphatic carbocycles. The Labute approximate surface area is 229 Å². The Hall–Kier alpha value is -0.810. The van der Waals surface area contributed by atoms with Crippen molar-refractivity contribution in [1.29, 1.82) is 0 Å². The highest BCUT2D eigenvalue weighted by molar-refractivity contribution is 5.88. The Morgan fingerprint density at radius 2 is 1.15 bits per heavy atom. The Kier molecular flexibility index (Phi) is 15.2. The highest BCUT2D eigenvalue weighted by atomic mass is 16.8. The van der Waals surface area contributed by atoms with E-state index in [-0.39, 0.29) is 6.42 Å². The molecule has 230 valence electrons. The molecule has 2 aliphatic rings. The van der Waals surface area contributed by atoms with Crippen LogP contribution in [-0.4, -0.2) is 121 Å². The molecule has 2 rings (SSSR count). The molecule has 0 aromatic heterocycles. The molecule has 0 amide bonds. The number of aliphatic hydroxyl groups is 8. The predicted molar refractivity (Wildman–Crippen MR) is 137 cm³/mol. The van der Waals surface area contributed by atoms with Crippen molar-refractivity contribution in [3.8, 4) is 0 Å². The zero-order chi connectivity index (χ0) is 29.0. The molecule has 10 N–H and O–H groups in total. The van der Waals surface area contributed by atoms with Gasteiger partial charge in [-0.05, 0) is 19.4 Å². The zero-order valence-electron chi connectivity index (χ0n) is 22.6. The van der Waals surface area contributed by atoms with Crippen LogP contribution < -0.4 is 5.73 Å². The summed E-state index contributed by atoms with van der Waals surface area (Å²) in [6.45, 7) is -0.289. The SMILES string of the molecule is NCCCCCCCCCCCCCCC(=O)[C@]1(CO)O[C@@H](O)[C@H](O)[C@H](O)[C@@H]1O[C@@H]1O[C@H](O)[C@@H](O)[C@H](O)[C@H]1O. The van der Waals surface area contributed by atoms with E-state index in [0.29, 0.717) is 6.42 Å². The average molecular weight is 568 g/mol. The van der Waals surface area contributed by atoms with Gasteiger partial charge < -0.3 is 60.8 Å². The van der Waals surface area contributed by atoms with E-state index in [2.05, 4.69) is 0 Å². The number of carbonyl (C=O) groups excluding carboxylic acids is 1. The monoisotopic (exact) mass is 567 g/mol. The third-order valence-corrected chi connectivity index (χ3v) is 7.63. The Morgan fingerprint density at radius 1 is 0.667 bits per heavy atom. The number of Topliss-reactive ketones (excluding diaryl/α,β-unsaturated/α-hetero) is 1. The Balaban J connectivity index is 1.86. The standard InChI is InChI=1S/C26H49NO12/c27-14-12-10-8-6-4-2-1-3-5-7-9-11-13-16(29)26(15-28)22(18(31)20(33)24(36)39-26)37-25-21(34)17(30)19(32)23(35)38-25/h17-25,28,30-36H,1-15,27H2/t17-,18-,19-,20+,21+,22-,23-,24+,25+,26-/m0/s1. The third-order valence-electron chi connectivity index (χ3n) is 7.63. The number of carbonyl (C=O) groups is 1. The van der Waals surface area contributed by atoms with E-state index in [1.165, 1.54) is 32.1 Å². The Morgan fingerprint density at radius 3 is 1.67 bits per heavy atom. The fourth-order valence-corrected chi connectivity index (χ4v) is 5.10. The number of nitrogens with two attached hydrogens (primary N) is 1. The summed E-state index contributed by atoms with van der Waals surface area (Å²) in [4.78, 5) is 13.2. The number of unbranched alkanes of at least 4 members (excludes halogenated alkanes) is 11. The van der Waals surface area contributed by atoms with Crippen molar-refractivity contribution in [2.45, 2.75) is 145 Å². The van der Waals surface area contributed by atoms with Gasteiger partial charge in [0, 0.05) is 6.42 Å². The van der Waals surface area contributed by atoms with Crippen molar-refractivity contribution in [3.63, 3.8) is 0 Å². The predicted octanol–water partition coefficient (Wildman–Crippen LogP) is -1.47. The van der Waals surface area contributed by atoms with Crippen LogP contribution in [0.2, 0.25) is 0 Å². The second-order valence-corrected chi connectivity index (χ2v) is 10.7. The first kappa shape index (κ1) is 34.4. The lowest BCUT2D eigenvalue weighted by Gasteiger charge is -2.49. The normalized spacial score (nSPS) is 37.2. The largest absolute Gasteiger partial charge is 0.393 e. The van der Waals surface area contributed by atoms with Gasteiger partial charge in [-0.3, -0.25) is 4.79 Å². The van der Waals surface area contributed by atoms with Crippen LogP contribution in [0.3, 0.4) is 0 Å². The molecule has 0 aromatic carbocycles. The van der Waals surface area contributed by atoms with Crippen molar-refractivity contribution in [1.82, 2.24) is 0 Å². The van der Waals surface area contributed by atoms with Crippen molar-refractivity contribution in [2.24, 2.45) is 5.73 Å². The van der Waals surface area contributed by atoms with Gasteiger partial charge in [-0.1, -0.05) is 64.2 Å². The minimum atomic E-state index is -2.32. The number of aliphatic hydroxyl groups excluding tert-OH is 8. The summed E-state index contributed by atoms with van der Waals surface area (Å²) in [6, 6.07) is 0. The topological polar surface area (TPSA) is 233 Å². The first-order valence-electron chi connectivity index (χ1n) is 14.2. The summed E-state index contributed by atoms with van der Waals surface area (Å²) in [5, 5.41) is 80.6. The lowest BCUT2D eigenvalue weighted by atomic mass is 9.81. The number of hydrogen-bond donors (Lipinski definition) is 9. The van der Waals surface area contributed by atoms with Crippen LogP contribution >= 0.6 is 0 Å². The zero-order valence-corrected chi connectivity index (χ0v) is 22.6.